The Labute approximate surface area is 228 Å². The molecule has 40 heavy (non-hydrogen) atoms. The van der Waals surface area contributed by atoms with Gasteiger partial charge in [-0.05, 0) is 47.5 Å². The van der Waals surface area contributed by atoms with Gasteiger partial charge in [-0.2, -0.15) is 0 Å². The third-order valence-electron chi connectivity index (χ3n) is 6.74. The number of esters is 2. The monoisotopic (exact) mass is 546 g/mol. The highest BCUT2D eigenvalue weighted by Crippen LogP contribution is 2.44. The second-order valence-corrected chi connectivity index (χ2v) is 8.91. The van der Waals surface area contributed by atoms with Gasteiger partial charge in [-0.3, -0.25) is 9.59 Å². The van der Waals surface area contributed by atoms with Gasteiger partial charge < -0.3 is 32.8 Å². The van der Waals surface area contributed by atoms with Crippen molar-refractivity contribution in [2.75, 3.05) is 35.0 Å². The molecule has 3 aromatic carbocycles. The van der Waals surface area contributed by atoms with E-state index < -0.39 is 17.9 Å². The molecule has 0 saturated heterocycles. The Kier molecular flexibility index (Phi) is 7.33. The highest BCUT2D eigenvalue weighted by molar-refractivity contribution is 5.90. The Morgan fingerprint density at radius 3 is 2.33 bits per heavy atom. The van der Waals surface area contributed by atoms with Crippen LogP contribution in [0.4, 0.5) is 0 Å². The predicted molar refractivity (Wildman–Crippen MR) is 144 cm³/mol. The fourth-order valence-corrected chi connectivity index (χ4v) is 4.76. The standard InChI is InChI=1S/C30H26O10/c1-34-21-8-5-17(12-24(21)35-2)20-14-39-30-18(29(20)33)7-10-23-28(30)19(13-26(31)40-23)16-6-9-22(25(11-16)36-3)38-15-27(32)37-4/h5-12,14,19H,13,15H2,1-4H3/t19-/m1/s1. The van der Waals surface area contributed by atoms with Crippen molar-refractivity contribution < 1.29 is 42.4 Å². The average Bonchev–Trinajstić information content (AvgIpc) is 2.98. The van der Waals surface area contributed by atoms with E-state index in [1.54, 1.807) is 48.5 Å². The lowest BCUT2D eigenvalue weighted by Gasteiger charge is -2.26. The molecule has 2 heterocycles. The minimum Gasteiger partial charge on any atom is -0.493 e. The van der Waals surface area contributed by atoms with E-state index in [0.717, 1.165) is 0 Å². The van der Waals surface area contributed by atoms with Crippen molar-refractivity contribution in [2.24, 2.45) is 0 Å². The van der Waals surface area contributed by atoms with Gasteiger partial charge in [0.05, 0.1) is 45.8 Å². The summed E-state index contributed by atoms with van der Waals surface area (Å²) in [5, 5.41) is 0.332. The van der Waals surface area contributed by atoms with Crippen molar-refractivity contribution in [2.45, 2.75) is 12.3 Å². The van der Waals surface area contributed by atoms with Crippen LogP contribution < -0.4 is 29.1 Å². The minimum absolute atomic E-state index is 0.0127. The maximum atomic E-state index is 13.7. The molecule has 10 heteroatoms. The first-order valence-corrected chi connectivity index (χ1v) is 12.3. The lowest BCUT2D eigenvalue weighted by molar-refractivity contribution is -0.143. The number of hydrogen-bond donors (Lipinski definition) is 0. The molecular formula is C30H26O10. The van der Waals surface area contributed by atoms with Crippen molar-refractivity contribution in [3.8, 4) is 39.9 Å². The Bertz CT molecular complexity index is 1670. The third kappa shape index (κ3) is 4.79. The van der Waals surface area contributed by atoms with E-state index in [2.05, 4.69) is 4.74 Å². The minimum atomic E-state index is -0.538. The third-order valence-corrected chi connectivity index (χ3v) is 6.74. The number of benzene rings is 3. The lowest BCUT2D eigenvalue weighted by Crippen LogP contribution is -2.22. The molecule has 1 aromatic heterocycles. The second-order valence-electron chi connectivity index (χ2n) is 8.91. The molecule has 0 amide bonds. The quantitative estimate of drug-likeness (QED) is 0.231. The second kappa shape index (κ2) is 11.0. The van der Waals surface area contributed by atoms with Gasteiger partial charge in [0.15, 0.2) is 29.6 Å². The highest BCUT2D eigenvalue weighted by atomic mass is 16.6. The topological polar surface area (TPSA) is 120 Å². The Hall–Kier alpha value is -4.99. The predicted octanol–water partition coefficient (Wildman–Crippen LogP) is 4.48. The fraction of sp³-hybridized carbons (Fsp3) is 0.233. The van der Waals surface area contributed by atoms with E-state index in [1.165, 1.54) is 34.7 Å². The van der Waals surface area contributed by atoms with Crippen LogP contribution in [-0.2, 0) is 14.3 Å². The summed E-state index contributed by atoms with van der Waals surface area (Å²) in [5.74, 6) is 0.547. The van der Waals surface area contributed by atoms with Gasteiger partial charge in [-0.15, -0.1) is 0 Å². The normalized spacial score (nSPS) is 14.2. The summed E-state index contributed by atoms with van der Waals surface area (Å²) >= 11 is 0. The van der Waals surface area contributed by atoms with E-state index in [-0.39, 0.29) is 18.5 Å². The van der Waals surface area contributed by atoms with Crippen molar-refractivity contribution in [3.05, 3.63) is 76.1 Å². The summed E-state index contributed by atoms with van der Waals surface area (Å²) in [6.45, 7) is -0.289. The molecule has 0 N–H and O–H groups in total. The van der Waals surface area contributed by atoms with E-state index in [1.807, 2.05) is 0 Å². The molecule has 5 rings (SSSR count). The average molecular weight is 547 g/mol. The number of methoxy groups -OCH3 is 4. The van der Waals surface area contributed by atoms with Crippen molar-refractivity contribution >= 4 is 22.9 Å². The van der Waals surface area contributed by atoms with Crippen LogP contribution in [0.25, 0.3) is 22.1 Å². The summed E-state index contributed by atoms with van der Waals surface area (Å²) in [7, 11) is 5.79. The number of rotatable bonds is 8. The summed E-state index contributed by atoms with van der Waals surface area (Å²) in [6, 6.07) is 13.5. The van der Waals surface area contributed by atoms with E-state index in [4.69, 9.17) is 28.1 Å². The molecule has 0 fully saturated rings. The number of hydrogen-bond acceptors (Lipinski definition) is 10. The van der Waals surface area contributed by atoms with Gasteiger partial charge in [0, 0.05) is 11.5 Å². The van der Waals surface area contributed by atoms with E-state index >= 15 is 0 Å². The first-order chi connectivity index (χ1) is 19.4. The van der Waals surface area contributed by atoms with Crippen LogP contribution >= 0.6 is 0 Å². The van der Waals surface area contributed by atoms with Crippen LogP contribution in [0.3, 0.4) is 0 Å². The van der Waals surface area contributed by atoms with Crippen LogP contribution in [0.1, 0.15) is 23.5 Å². The number of carbonyl (C=O) groups excluding carboxylic acids is 2. The van der Waals surface area contributed by atoms with Crippen LogP contribution in [0.5, 0.6) is 28.7 Å². The lowest BCUT2D eigenvalue weighted by atomic mass is 9.85. The Morgan fingerprint density at radius 1 is 0.875 bits per heavy atom. The summed E-state index contributed by atoms with van der Waals surface area (Å²) < 4.78 is 37.9. The van der Waals surface area contributed by atoms with Crippen LogP contribution in [0.15, 0.2) is 64.0 Å². The molecule has 10 nitrogen and oxygen atoms in total. The molecule has 0 bridgehead atoms. The molecule has 0 unspecified atom stereocenters. The van der Waals surface area contributed by atoms with Gasteiger partial charge in [-0.1, -0.05) is 12.1 Å². The van der Waals surface area contributed by atoms with Gasteiger partial charge >= 0.3 is 11.9 Å². The molecule has 4 aromatic rings. The molecule has 1 atom stereocenters. The van der Waals surface area contributed by atoms with E-state index in [0.29, 0.717) is 62.0 Å². The maximum absolute atomic E-state index is 13.7. The number of ether oxygens (including phenoxy) is 6. The van der Waals surface area contributed by atoms with Gasteiger partial charge in [-0.25, -0.2) is 4.79 Å². The molecule has 1 aliphatic heterocycles. The first kappa shape index (κ1) is 26.6. The summed E-state index contributed by atoms with van der Waals surface area (Å²) in [6.07, 6.45) is 1.41. The molecule has 0 saturated carbocycles. The van der Waals surface area contributed by atoms with Gasteiger partial charge in [0.25, 0.3) is 0 Å². The Morgan fingerprint density at radius 2 is 1.60 bits per heavy atom. The SMILES string of the molecule is COC(=O)COc1ccc([C@H]2CC(=O)Oc3ccc4c(=O)c(-c5ccc(OC)c(OC)c5)coc4c32)cc1OC. The summed E-state index contributed by atoms with van der Waals surface area (Å²) in [5.41, 5.74) is 2.27. The van der Waals surface area contributed by atoms with Crippen molar-refractivity contribution in [1.29, 1.82) is 0 Å². The molecule has 0 aliphatic carbocycles. The Balaban J connectivity index is 1.60. The molecule has 0 spiro atoms. The first-order valence-electron chi connectivity index (χ1n) is 12.3. The highest BCUT2D eigenvalue weighted by Gasteiger charge is 2.33. The largest absolute Gasteiger partial charge is 0.493 e. The zero-order valence-electron chi connectivity index (χ0n) is 22.3. The zero-order chi connectivity index (χ0) is 28.4. The van der Waals surface area contributed by atoms with Gasteiger partial charge in [0.2, 0.25) is 5.43 Å². The molecule has 0 radical (unpaired) electrons. The van der Waals surface area contributed by atoms with Crippen molar-refractivity contribution in [1.82, 2.24) is 0 Å². The summed E-state index contributed by atoms with van der Waals surface area (Å²) in [4.78, 5) is 37.7. The maximum Gasteiger partial charge on any atom is 0.343 e. The smallest absolute Gasteiger partial charge is 0.343 e. The van der Waals surface area contributed by atoms with Crippen LogP contribution in [-0.4, -0.2) is 47.0 Å². The molecule has 206 valence electrons. The van der Waals surface area contributed by atoms with E-state index in [9.17, 15) is 14.4 Å². The van der Waals surface area contributed by atoms with Gasteiger partial charge in [0.1, 0.15) is 17.6 Å². The van der Waals surface area contributed by atoms with Crippen LogP contribution in [0.2, 0.25) is 0 Å². The van der Waals surface area contributed by atoms with Crippen molar-refractivity contribution in [3.63, 3.8) is 0 Å². The number of fused-ring (bicyclic) bond motifs is 3. The molecule has 1 aliphatic rings. The van der Waals surface area contributed by atoms with Crippen LogP contribution in [0, 0.1) is 0 Å². The zero-order valence-corrected chi connectivity index (χ0v) is 22.3. The number of carbonyl (C=O) groups is 2. The fourth-order valence-electron chi connectivity index (χ4n) is 4.76. The molecular weight excluding hydrogens is 520 g/mol.